The summed E-state index contributed by atoms with van der Waals surface area (Å²) in [6.45, 7) is 2.31. The number of amides is 2. The maximum absolute atomic E-state index is 12.2. The van der Waals surface area contributed by atoms with E-state index in [1.165, 1.54) is 0 Å². The Balaban J connectivity index is 1.47. The Morgan fingerprint density at radius 1 is 1.18 bits per heavy atom. The van der Waals surface area contributed by atoms with Crippen LogP contribution in [0.3, 0.4) is 0 Å². The third-order valence-electron chi connectivity index (χ3n) is 5.00. The van der Waals surface area contributed by atoms with Crippen molar-refractivity contribution in [3.05, 3.63) is 59.9 Å². The van der Waals surface area contributed by atoms with Crippen molar-refractivity contribution in [3.63, 3.8) is 0 Å². The second-order valence-corrected chi connectivity index (χ2v) is 7.17. The van der Waals surface area contributed by atoms with Gasteiger partial charge in [0.25, 0.3) is 0 Å². The van der Waals surface area contributed by atoms with Crippen molar-refractivity contribution >= 4 is 11.8 Å². The molecule has 0 radical (unpaired) electrons. The first kappa shape index (κ1) is 19.9. The molecule has 148 valence electrons. The highest BCUT2D eigenvalue weighted by atomic mass is 16.5. The van der Waals surface area contributed by atoms with Gasteiger partial charge in [-0.1, -0.05) is 31.0 Å². The molecule has 3 rings (SSSR count). The number of carbonyl (C=O) groups excluding carboxylic acids is 2. The summed E-state index contributed by atoms with van der Waals surface area (Å²) in [4.78, 5) is 28.4. The molecule has 1 aromatic carbocycles. The largest absolute Gasteiger partial charge is 0.487 e. The highest BCUT2D eigenvalue weighted by Gasteiger charge is 2.23. The minimum absolute atomic E-state index is 0.00905. The smallest absolute Gasteiger partial charge is 0.239 e. The van der Waals surface area contributed by atoms with Crippen LogP contribution in [0.1, 0.15) is 49.9 Å². The van der Waals surface area contributed by atoms with E-state index >= 15 is 0 Å². The van der Waals surface area contributed by atoms with Gasteiger partial charge in [-0.2, -0.15) is 0 Å². The Bertz CT molecular complexity index is 789. The minimum Gasteiger partial charge on any atom is -0.487 e. The monoisotopic (exact) mass is 381 g/mol. The Kier molecular flexibility index (Phi) is 7.00. The van der Waals surface area contributed by atoms with Crippen molar-refractivity contribution in [2.45, 2.75) is 45.3 Å². The summed E-state index contributed by atoms with van der Waals surface area (Å²) in [6, 6.07) is 13.1. The number of ether oxygens (including phenoxy) is 1. The minimum atomic E-state index is -0.196. The van der Waals surface area contributed by atoms with Gasteiger partial charge in [-0.05, 0) is 49.6 Å². The van der Waals surface area contributed by atoms with E-state index in [2.05, 4.69) is 15.6 Å². The molecule has 0 spiro atoms. The average Bonchev–Trinajstić information content (AvgIpc) is 3.26. The molecular weight excluding hydrogens is 354 g/mol. The van der Waals surface area contributed by atoms with E-state index in [0.717, 1.165) is 42.7 Å². The fourth-order valence-electron chi connectivity index (χ4n) is 3.39. The Morgan fingerprint density at radius 3 is 2.75 bits per heavy atom. The topological polar surface area (TPSA) is 80.3 Å². The number of aromatic nitrogens is 1. The lowest BCUT2D eigenvalue weighted by Gasteiger charge is -2.16. The van der Waals surface area contributed by atoms with Crippen LogP contribution in [0.25, 0.3) is 0 Å². The molecule has 2 N–H and O–H groups in total. The normalized spacial score (nSPS) is 15.0. The van der Waals surface area contributed by atoms with Crippen LogP contribution in [0.5, 0.6) is 5.75 Å². The number of hydrogen-bond acceptors (Lipinski definition) is 4. The quantitative estimate of drug-likeness (QED) is 0.736. The second-order valence-electron chi connectivity index (χ2n) is 7.17. The van der Waals surface area contributed by atoms with E-state index in [-0.39, 0.29) is 30.3 Å². The van der Waals surface area contributed by atoms with E-state index in [1.54, 1.807) is 6.20 Å². The molecule has 1 unspecified atom stereocenters. The molecule has 1 atom stereocenters. The molecule has 1 heterocycles. The molecule has 1 aromatic heterocycles. The first-order valence-electron chi connectivity index (χ1n) is 9.81. The number of nitrogens with one attached hydrogen (secondary N) is 2. The maximum atomic E-state index is 12.2. The van der Waals surface area contributed by atoms with E-state index in [1.807, 2.05) is 49.4 Å². The van der Waals surface area contributed by atoms with Crippen LogP contribution >= 0.6 is 0 Å². The lowest BCUT2D eigenvalue weighted by molar-refractivity contribution is -0.128. The van der Waals surface area contributed by atoms with E-state index in [4.69, 9.17) is 4.74 Å². The number of benzene rings is 1. The molecule has 28 heavy (non-hydrogen) atoms. The molecule has 2 amide bonds. The van der Waals surface area contributed by atoms with Gasteiger partial charge < -0.3 is 15.4 Å². The highest BCUT2D eigenvalue weighted by Crippen LogP contribution is 2.24. The zero-order chi connectivity index (χ0) is 19.8. The van der Waals surface area contributed by atoms with Crippen molar-refractivity contribution in [1.82, 2.24) is 15.6 Å². The lowest BCUT2D eigenvalue weighted by atomic mass is 10.1. The average molecular weight is 381 g/mol. The number of hydrogen-bond donors (Lipinski definition) is 2. The van der Waals surface area contributed by atoms with Crippen LogP contribution in [-0.2, 0) is 16.2 Å². The van der Waals surface area contributed by atoms with Crippen molar-refractivity contribution in [2.24, 2.45) is 5.92 Å². The predicted molar refractivity (Wildman–Crippen MR) is 107 cm³/mol. The summed E-state index contributed by atoms with van der Waals surface area (Å²) in [5.41, 5.74) is 1.79. The summed E-state index contributed by atoms with van der Waals surface area (Å²) in [5.74, 6) is 0.584. The van der Waals surface area contributed by atoms with E-state index < -0.39 is 0 Å². The SMILES string of the molecule is CC(NC(=O)CNC(=O)C1CCCC1)c1cccc(OCc2ccccn2)c1. The summed E-state index contributed by atoms with van der Waals surface area (Å²) < 4.78 is 5.79. The summed E-state index contributed by atoms with van der Waals surface area (Å²) in [7, 11) is 0. The fourth-order valence-corrected chi connectivity index (χ4v) is 3.39. The van der Waals surface area contributed by atoms with Gasteiger partial charge in [-0.25, -0.2) is 0 Å². The highest BCUT2D eigenvalue weighted by molar-refractivity contribution is 5.86. The van der Waals surface area contributed by atoms with Gasteiger partial charge in [0.2, 0.25) is 11.8 Å². The maximum Gasteiger partial charge on any atom is 0.239 e. The molecule has 6 nitrogen and oxygen atoms in total. The third-order valence-corrected chi connectivity index (χ3v) is 5.00. The molecule has 0 saturated heterocycles. The molecule has 0 bridgehead atoms. The predicted octanol–water partition coefficient (Wildman–Crippen LogP) is 3.14. The van der Waals surface area contributed by atoms with Gasteiger partial charge in [-0.15, -0.1) is 0 Å². The molecule has 2 aromatic rings. The molecule has 1 aliphatic rings. The summed E-state index contributed by atoms with van der Waals surface area (Å²) >= 11 is 0. The van der Waals surface area contributed by atoms with Gasteiger partial charge in [0.05, 0.1) is 18.3 Å². The van der Waals surface area contributed by atoms with Crippen LogP contribution in [-0.4, -0.2) is 23.3 Å². The summed E-state index contributed by atoms with van der Waals surface area (Å²) in [6.07, 6.45) is 5.78. The van der Waals surface area contributed by atoms with Crippen molar-refractivity contribution in [3.8, 4) is 5.75 Å². The molecule has 1 fully saturated rings. The van der Waals surface area contributed by atoms with Gasteiger partial charge >= 0.3 is 0 Å². The number of nitrogens with zero attached hydrogens (tertiary/aromatic N) is 1. The Labute approximate surface area is 165 Å². The lowest BCUT2D eigenvalue weighted by Crippen LogP contribution is -2.39. The first-order valence-corrected chi connectivity index (χ1v) is 9.81. The van der Waals surface area contributed by atoms with Crippen LogP contribution in [0.4, 0.5) is 0 Å². The first-order chi connectivity index (χ1) is 13.6. The molecule has 1 aliphatic carbocycles. The van der Waals surface area contributed by atoms with Crippen LogP contribution in [0.2, 0.25) is 0 Å². The van der Waals surface area contributed by atoms with Gasteiger partial charge in [-0.3, -0.25) is 14.6 Å². The Morgan fingerprint density at radius 2 is 2.00 bits per heavy atom. The van der Waals surface area contributed by atoms with Crippen molar-refractivity contribution in [1.29, 1.82) is 0 Å². The van der Waals surface area contributed by atoms with Gasteiger partial charge in [0, 0.05) is 12.1 Å². The Hall–Kier alpha value is -2.89. The fraction of sp³-hybridized carbons (Fsp3) is 0.409. The molecule has 1 saturated carbocycles. The van der Waals surface area contributed by atoms with Crippen molar-refractivity contribution < 1.29 is 14.3 Å². The van der Waals surface area contributed by atoms with Crippen LogP contribution in [0, 0.1) is 5.92 Å². The van der Waals surface area contributed by atoms with Crippen LogP contribution in [0.15, 0.2) is 48.7 Å². The zero-order valence-electron chi connectivity index (χ0n) is 16.2. The standard InChI is InChI=1S/C22H27N3O3/c1-16(25-21(26)14-24-22(27)17-7-2-3-8-17)18-9-6-11-20(13-18)28-15-19-10-4-5-12-23-19/h4-6,9-13,16-17H,2-3,7-8,14-15H2,1H3,(H,24,27)(H,25,26). The molecular formula is C22H27N3O3. The molecule has 6 heteroatoms. The number of pyridine rings is 1. The number of carbonyl (C=O) groups is 2. The summed E-state index contributed by atoms with van der Waals surface area (Å²) in [5, 5.41) is 5.67. The van der Waals surface area contributed by atoms with E-state index in [0.29, 0.717) is 6.61 Å². The van der Waals surface area contributed by atoms with Crippen molar-refractivity contribution in [2.75, 3.05) is 6.54 Å². The second kappa shape index (κ2) is 9.88. The zero-order valence-corrected chi connectivity index (χ0v) is 16.2. The molecule has 0 aliphatic heterocycles. The third kappa shape index (κ3) is 5.81. The van der Waals surface area contributed by atoms with Gasteiger partial charge in [0.1, 0.15) is 12.4 Å². The van der Waals surface area contributed by atoms with Gasteiger partial charge in [0.15, 0.2) is 0 Å². The van der Waals surface area contributed by atoms with Crippen LogP contribution < -0.4 is 15.4 Å². The van der Waals surface area contributed by atoms with E-state index in [9.17, 15) is 9.59 Å². The number of rotatable bonds is 8.